The summed E-state index contributed by atoms with van der Waals surface area (Å²) in [6.45, 7) is 6.55. The van der Waals surface area contributed by atoms with Gasteiger partial charge in [-0.1, -0.05) is 12.7 Å². The van der Waals surface area contributed by atoms with Gasteiger partial charge in [0.1, 0.15) is 5.82 Å². The van der Waals surface area contributed by atoms with E-state index in [1.807, 2.05) is 0 Å². The van der Waals surface area contributed by atoms with Gasteiger partial charge in [-0.15, -0.1) is 0 Å². The standard InChI is InChI=1S/C6H10N2O2S/c1-4-5-6(7-2)8-11(3,9)10/h4-5,8H,1-2H2,3H3/b6-5+. The molecule has 4 nitrogen and oxygen atoms in total. The van der Waals surface area contributed by atoms with Crippen LogP contribution in [-0.4, -0.2) is 21.4 Å². The molecular weight excluding hydrogens is 164 g/mol. The molecule has 0 bridgehead atoms. The molecule has 62 valence electrons. The smallest absolute Gasteiger partial charge is 0.230 e. The van der Waals surface area contributed by atoms with Crippen LogP contribution in [0.5, 0.6) is 0 Å². The second-order valence-corrected chi connectivity index (χ2v) is 3.57. The van der Waals surface area contributed by atoms with Crippen LogP contribution in [0.1, 0.15) is 0 Å². The molecule has 0 unspecified atom stereocenters. The lowest BCUT2D eigenvalue weighted by Crippen LogP contribution is -2.19. The average Bonchev–Trinajstić information content (AvgIpc) is 1.84. The maximum atomic E-state index is 10.6. The third kappa shape index (κ3) is 5.35. The van der Waals surface area contributed by atoms with Gasteiger partial charge in [-0.3, -0.25) is 4.72 Å². The van der Waals surface area contributed by atoms with E-state index in [2.05, 4.69) is 23.0 Å². The SMILES string of the molecule is C=C/C=C(\N=C)NS(C)(=O)=O. The van der Waals surface area contributed by atoms with Gasteiger partial charge in [-0.05, 0) is 12.8 Å². The highest BCUT2D eigenvalue weighted by Gasteiger charge is 2.00. The second kappa shape index (κ2) is 3.92. The van der Waals surface area contributed by atoms with Crippen molar-refractivity contribution in [1.82, 2.24) is 4.72 Å². The Hall–Kier alpha value is -1.10. The van der Waals surface area contributed by atoms with E-state index in [0.717, 1.165) is 6.26 Å². The Labute approximate surface area is 66.4 Å². The number of hydrogen-bond acceptors (Lipinski definition) is 3. The predicted octanol–water partition coefficient (Wildman–Crippen LogP) is 0.264. The van der Waals surface area contributed by atoms with Gasteiger partial charge in [-0.2, -0.15) is 0 Å². The fraction of sp³-hybridized carbons (Fsp3) is 0.167. The van der Waals surface area contributed by atoms with Gasteiger partial charge < -0.3 is 0 Å². The summed E-state index contributed by atoms with van der Waals surface area (Å²) in [4.78, 5) is 3.41. The quantitative estimate of drug-likeness (QED) is 0.491. The van der Waals surface area contributed by atoms with Gasteiger partial charge >= 0.3 is 0 Å². The first-order valence-electron chi connectivity index (χ1n) is 2.77. The molecule has 0 fully saturated rings. The molecule has 0 rings (SSSR count). The van der Waals surface area contributed by atoms with Crippen molar-refractivity contribution in [3.8, 4) is 0 Å². The first kappa shape index (κ1) is 9.90. The molecule has 0 aliphatic rings. The van der Waals surface area contributed by atoms with Crippen molar-refractivity contribution in [1.29, 1.82) is 0 Å². The van der Waals surface area contributed by atoms with Gasteiger partial charge in [0.15, 0.2) is 0 Å². The molecule has 0 aromatic heterocycles. The van der Waals surface area contributed by atoms with Crippen molar-refractivity contribution < 1.29 is 8.42 Å². The van der Waals surface area contributed by atoms with Crippen LogP contribution >= 0.6 is 0 Å². The average molecular weight is 174 g/mol. The fourth-order valence-corrected chi connectivity index (χ4v) is 0.933. The molecule has 0 aromatic carbocycles. The molecule has 0 spiro atoms. The van der Waals surface area contributed by atoms with Gasteiger partial charge in [0, 0.05) is 0 Å². The molecule has 0 radical (unpaired) electrons. The van der Waals surface area contributed by atoms with E-state index in [1.54, 1.807) is 0 Å². The van der Waals surface area contributed by atoms with E-state index in [4.69, 9.17) is 0 Å². The van der Waals surface area contributed by atoms with Crippen LogP contribution in [0.25, 0.3) is 0 Å². The number of rotatable bonds is 4. The Bertz CT molecular complexity index is 277. The number of sulfonamides is 1. The lowest BCUT2D eigenvalue weighted by molar-refractivity contribution is 0.594. The zero-order valence-electron chi connectivity index (χ0n) is 6.24. The van der Waals surface area contributed by atoms with E-state index >= 15 is 0 Å². The van der Waals surface area contributed by atoms with Crippen LogP contribution in [0.4, 0.5) is 0 Å². The van der Waals surface area contributed by atoms with E-state index in [0.29, 0.717) is 0 Å². The summed E-state index contributed by atoms with van der Waals surface area (Å²) >= 11 is 0. The van der Waals surface area contributed by atoms with Gasteiger partial charge in [0.05, 0.1) is 6.26 Å². The topological polar surface area (TPSA) is 58.5 Å². The van der Waals surface area contributed by atoms with Crippen molar-refractivity contribution in [3.63, 3.8) is 0 Å². The summed E-state index contributed by atoms with van der Waals surface area (Å²) in [6, 6.07) is 0. The summed E-state index contributed by atoms with van der Waals surface area (Å²) in [6.07, 6.45) is 3.87. The van der Waals surface area contributed by atoms with Crippen LogP contribution < -0.4 is 4.72 Å². The molecule has 0 amide bonds. The lowest BCUT2D eigenvalue weighted by atomic mass is 10.5. The normalized spacial score (nSPS) is 12.3. The number of nitrogens with one attached hydrogen (secondary N) is 1. The Morgan fingerprint density at radius 3 is 2.45 bits per heavy atom. The third-order valence-electron chi connectivity index (χ3n) is 0.736. The third-order valence-corrected chi connectivity index (χ3v) is 1.32. The van der Waals surface area contributed by atoms with Gasteiger partial charge in [-0.25, -0.2) is 13.4 Å². The van der Waals surface area contributed by atoms with Crippen LogP contribution in [0.15, 0.2) is 29.5 Å². The summed E-state index contributed by atoms with van der Waals surface area (Å²) in [5.74, 6) is 0.169. The van der Waals surface area contributed by atoms with E-state index < -0.39 is 10.0 Å². The van der Waals surface area contributed by atoms with E-state index in [-0.39, 0.29) is 5.82 Å². The summed E-state index contributed by atoms with van der Waals surface area (Å²) < 4.78 is 23.3. The van der Waals surface area contributed by atoms with Crippen LogP contribution in [0, 0.1) is 0 Å². The van der Waals surface area contributed by atoms with Gasteiger partial charge in [0.2, 0.25) is 10.0 Å². The first-order valence-corrected chi connectivity index (χ1v) is 4.66. The van der Waals surface area contributed by atoms with Crippen molar-refractivity contribution in [2.45, 2.75) is 0 Å². The second-order valence-electron chi connectivity index (χ2n) is 1.82. The predicted molar refractivity (Wildman–Crippen MR) is 45.8 cm³/mol. The van der Waals surface area contributed by atoms with Crippen molar-refractivity contribution in [2.75, 3.05) is 6.26 Å². The molecule has 11 heavy (non-hydrogen) atoms. The molecule has 0 saturated carbocycles. The van der Waals surface area contributed by atoms with E-state index in [9.17, 15) is 8.42 Å². The van der Waals surface area contributed by atoms with Crippen molar-refractivity contribution in [2.24, 2.45) is 4.99 Å². The molecule has 0 aliphatic carbocycles. The Balaban J connectivity index is 4.46. The van der Waals surface area contributed by atoms with E-state index in [1.165, 1.54) is 12.2 Å². The largest absolute Gasteiger partial charge is 0.268 e. The first-order chi connectivity index (χ1) is 4.99. The highest BCUT2D eigenvalue weighted by Crippen LogP contribution is 1.91. The number of nitrogens with zero attached hydrogens (tertiary/aromatic N) is 1. The molecule has 0 heterocycles. The summed E-state index contributed by atoms with van der Waals surface area (Å²) in [5.41, 5.74) is 0. The number of allylic oxidation sites excluding steroid dienone is 2. The van der Waals surface area contributed by atoms with Crippen molar-refractivity contribution in [3.05, 3.63) is 24.6 Å². The molecular formula is C6H10N2O2S. The zero-order valence-corrected chi connectivity index (χ0v) is 7.06. The molecule has 0 saturated heterocycles. The highest BCUT2D eigenvalue weighted by atomic mass is 32.2. The minimum absolute atomic E-state index is 0.169. The van der Waals surface area contributed by atoms with Crippen LogP contribution in [0.2, 0.25) is 0 Å². The van der Waals surface area contributed by atoms with Gasteiger partial charge in [0.25, 0.3) is 0 Å². The molecule has 1 N–H and O–H groups in total. The maximum absolute atomic E-state index is 10.6. The minimum Gasteiger partial charge on any atom is -0.268 e. The Kier molecular flexibility index (Phi) is 3.53. The molecule has 5 heteroatoms. The minimum atomic E-state index is -3.26. The lowest BCUT2D eigenvalue weighted by Gasteiger charge is -2.00. The molecule has 0 aromatic rings. The monoisotopic (exact) mass is 174 g/mol. The Morgan fingerprint density at radius 1 is 1.64 bits per heavy atom. The maximum Gasteiger partial charge on any atom is 0.230 e. The molecule has 0 atom stereocenters. The zero-order chi connectivity index (χ0) is 8.91. The van der Waals surface area contributed by atoms with Crippen molar-refractivity contribution >= 4 is 16.7 Å². The van der Waals surface area contributed by atoms with Crippen LogP contribution in [0.3, 0.4) is 0 Å². The summed E-state index contributed by atoms with van der Waals surface area (Å²) in [7, 11) is -3.26. The van der Waals surface area contributed by atoms with Crippen LogP contribution in [-0.2, 0) is 10.0 Å². The highest BCUT2D eigenvalue weighted by molar-refractivity contribution is 7.88. The fourth-order valence-electron chi connectivity index (χ4n) is 0.421. The molecule has 0 aliphatic heterocycles. The number of aliphatic imine (C=N–C) groups is 1. The Morgan fingerprint density at radius 2 is 2.18 bits per heavy atom. The number of hydrogen-bond donors (Lipinski definition) is 1. The summed E-state index contributed by atoms with van der Waals surface area (Å²) in [5, 5.41) is 0.